The molecular formula is C18H16N2O4S2. The van der Waals surface area contributed by atoms with Gasteiger partial charge >= 0.3 is 0 Å². The number of nitrogens with one attached hydrogen (secondary N) is 2. The van der Waals surface area contributed by atoms with Crippen LogP contribution in [0.1, 0.15) is 27.1 Å². The van der Waals surface area contributed by atoms with Crippen molar-refractivity contribution in [2.75, 3.05) is 17.8 Å². The molecule has 26 heavy (non-hydrogen) atoms. The van der Waals surface area contributed by atoms with E-state index >= 15 is 0 Å². The molecule has 3 aliphatic rings. The zero-order valence-electron chi connectivity index (χ0n) is 14.0. The second kappa shape index (κ2) is 6.28. The van der Waals surface area contributed by atoms with Crippen molar-refractivity contribution in [2.24, 2.45) is 0 Å². The average Bonchev–Trinajstić information content (AvgIpc) is 3.02. The number of amides is 2. The number of carbonyl (C=O) groups excluding carboxylic acids is 4. The molecule has 0 saturated carbocycles. The Labute approximate surface area is 158 Å². The normalized spacial score (nSPS) is 27.3. The third-order valence-electron chi connectivity index (χ3n) is 4.89. The van der Waals surface area contributed by atoms with Gasteiger partial charge in [0.1, 0.15) is 6.04 Å². The van der Waals surface area contributed by atoms with Crippen LogP contribution in [-0.4, -0.2) is 52.7 Å². The van der Waals surface area contributed by atoms with Crippen molar-refractivity contribution in [3.63, 3.8) is 0 Å². The van der Waals surface area contributed by atoms with Crippen LogP contribution in [0.2, 0.25) is 0 Å². The van der Waals surface area contributed by atoms with Crippen molar-refractivity contribution < 1.29 is 19.2 Å². The fraction of sp³-hybridized carbons (Fsp3) is 0.333. The minimum absolute atomic E-state index is 0.111. The van der Waals surface area contributed by atoms with E-state index < -0.39 is 17.5 Å². The van der Waals surface area contributed by atoms with Crippen LogP contribution in [0.4, 0.5) is 0 Å². The van der Waals surface area contributed by atoms with Crippen molar-refractivity contribution in [2.45, 2.75) is 18.0 Å². The van der Waals surface area contributed by atoms with E-state index in [1.54, 1.807) is 36.0 Å². The lowest BCUT2D eigenvalue weighted by molar-refractivity contribution is -0.139. The molecule has 6 nitrogen and oxygen atoms in total. The molecule has 2 atom stereocenters. The molecule has 0 radical (unpaired) electrons. The van der Waals surface area contributed by atoms with Gasteiger partial charge in [0.25, 0.3) is 5.91 Å². The van der Waals surface area contributed by atoms with Crippen molar-refractivity contribution in [3.05, 3.63) is 45.9 Å². The Balaban J connectivity index is 1.74. The summed E-state index contributed by atoms with van der Waals surface area (Å²) in [5, 5.41) is 5.52. The summed E-state index contributed by atoms with van der Waals surface area (Å²) in [5.41, 5.74) is -0.723. The van der Waals surface area contributed by atoms with E-state index in [0.29, 0.717) is 12.0 Å². The highest BCUT2D eigenvalue weighted by Gasteiger charge is 2.57. The molecule has 1 aromatic rings. The molecule has 8 heteroatoms. The summed E-state index contributed by atoms with van der Waals surface area (Å²) in [5.74, 6) is -0.468. The van der Waals surface area contributed by atoms with Crippen LogP contribution in [-0.2, 0) is 9.59 Å². The van der Waals surface area contributed by atoms with Crippen molar-refractivity contribution in [3.8, 4) is 0 Å². The number of carbonyl (C=O) groups is 4. The number of rotatable bonds is 3. The third kappa shape index (κ3) is 2.35. The van der Waals surface area contributed by atoms with Gasteiger partial charge in [0.15, 0.2) is 11.3 Å². The maximum atomic E-state index is 13.1. The van der Waals surface area contributed by atoms with Gasteiger partial charge in [-0.05, 0) is 18.4 Å². The quantitative estimate of drug-likeness (QED) is 0.808. The lowest BCUT2D eigenvalue weighted by atomic mass is 9.78. The molecule has 0 unspecified atom stereocenters. The number of benzene rings is 1. The average molecular weight is 388 g/mol. The van der Waals surface area contributed by atoms with E-state index in [2.05, 4.69) is 10.6 Å². The predicted molar refractivity (Wildman–Crippen MR) is 100 cm³/mol. The summed E-state index contributed by atoms with van der Waals surface area (Å²) in [7, 11) is 0. The standard InChI is InChI=1S/C18H16N2O4S2/c1-25-7-6-11-16(23)20-18(17(24)19-11)8-26-15-12(18)13(21)9-4-2-3-5-10(9)14(15)22/h2-5,11H,6-8H2,1H3,(H,19,24)(H,20,23)/t11-,18+/m0/s1. The Morgan fingerprint density at radius 1 is 1.15 bits per heavy atom. The van der Waals surface area contributed by atoms with Crippen LogP contribution in [0.3, 0.4) is 0 Å². The van der Waals surface area contributed by atoms with Gasteiger partial charge in [-0.1, -0.05) is 24.3 Å². The highest BCUT2D eigenvalue weighted by atomic mass is 32.2. The Morgan fingerprint density at radius 2 is 1.85 bits per heavy atom. The molecule has 2 amide bonds. The predicted octanol–water partition coefficient (Wildman–Crippen LogP) is 1.17. The van der Waals surface area contributed by atoms with Crippen LogP contribution in [0.15, 0.2) is 34.7 Å². The molecule has 0 aromatic heterocycles. The maximum Gasteiger partial charge on any atom is 0.252 e. The first kappa shape index (κ1) is 17.4. The van der Waals surface area contributed by atoms with Crippen molar-refractivity contribution in [1.82, 2.24) is 10.6 Å². The second-order valence-corrected chi connectivity index (χ2v) is 8.37. The third-order valence-corrected chi connectivity index (χ3v) is 6.79. The topological polar surface area (TPSA) is 92.3 Å². The van der Waals surface area contributed by atoms with Gasteiger partial charge < -0.3 is 10.6 Å². The van der Waals surface area contributed by atoms with Gasteiger partial charge in [-0.2, -0.15) is 11.8 Å². The smallest absolute Gasteiger partial charge is 0.252 e. The summed E-state index contributed by atoms with van der Waals surface area (Å²) in [6.45, 7) is 0. The van der Waals surface area contributed by atoms with Gasteiger partial charge in [0, 0.05) is 16.9 Å². The molecule has 2 aliphatic heterocycles. The molecule has 4 rings (SSSR count). The van der Waals surface area contributed by atoms with Crippen LogP contribution >= 0.6 is 23.5 Å². The molecular weight excluding hydrogens is 372 g/mol. The van der Waals surface area contributed by atoms with E-state index in [4.69, 9.17) is 0 Å². The SMILES string of the molecule is CSCC[C@@H]1NC(=O)[C@]2(CSC3=C2C(=O)c2ccccc2C3=O)NC1=O. The first-order valence-corrected chi connectivity index (χ1v) is 10.6. The zero-order valence-corrected chi connectivity index (χ0v) is 15.6. The summed E-state index contributed by atoms with van der Waals surface area (Å²) < 4.78 is 0. The molecule has 2 N–H and O–H groups in total. The lowest BCUT2D eigenvalue weighted by Crippen LogP contribution is -2.71. The van der Waals surface area contributed by atoms with E-state index in [1.807, 2.05) is 6.26 Å². The first-order chi connectivity index (χ1) is 12.5. The van der Waals surface area contributed by atoms with E-state index in [1.165, 1.54) is 0 Å². The Morgan fingerprint density at radius 3 is 2.54 bits per heavy atom. The van der Waals surface area contributed by atoms with E-state index in [9.17, 15) is 19.2 Å². The molecule has 1 spiro atoms. The number of hydrogen-bond acceptors (Lipinski definition) is 6. The van der Waals surface area contributed by atoms with E-state index in [-0.39, 0.29) is 39.3 Å². The minimum Gasteiger partial charge on any atom is -0.342 e. The number of piperazine rings is 1. The van der Waals surface area contributed by atoms with Crippen molar-refractivity contribution in [1.29, 1.82) is 0 Å². The van der Waals surface area contributed by atoms with E-state index in [0.717, 1.165) is 17.5 Å². The highest BCUT2D eigenvalue weighted by molar-refractivity contribution is 8.04. The van der Waals surface area contributed by atoms with Crippen LogP contribution in [0, 0.1) is 0 Å². The molecule has 1 aromatic carbocycles. The number of ketones is 2. The molecule has 1 aliphatic carbocycles. The number of hydrogen-bond donors (Lipinski definition) is 2. The molecule has 0 bridgehead atoms. The fourth-order valence-corrected chi connectivity index (χ4v) is 5.38. The van der Waals surface area contributed by atoms with Gasteiger partial charge in [0.05, 0.1) is 10.5 Å². The Hall–Kier alpha value is -2.06. The van der Waals surface area contributed by atoms with Crippen LogP contribution < -0.4 is 10.6 Å². The van der Waals surface area contributed by atoms with Gasteiger partial charge in [-0.15, -0.1) is 11.8 Å². The highest BCUT2D eigenvalue weighted by Crippen LogP contribution is 2.46. The lowest BCUT2D eigenvalue weighted by Gasteiger charge is -2.38. The number of Topliss-reactive ketones (excluding diaryl/α,β-unsaturated/α-hetero) is 2. The van der Waals surface area contributed by atoms with Crippen LogP contribution in [0.25, 0.3) is 0 Å². The Kier molecular flexibility index (Phi) is 4.19. The number of allylic oxidation sites excluding steroid dienone is 1. The fourth-order valence-electron chi connectivity index (χ4n) is 3.55. The maximum absolute atomic E-state index is 13.1. The summed E-state index contributed by atoms with van der Waals surface area (Å²) in [4.78, 5) is 51.6. The number of fused-ring (bicyclic) bond motifs is 2. The molecule has 2 heterocycles. The van der Waals surface area contributed by atoms with Gasteiger partial charge in [-0.3, -0.25) is 19.2 Å². The Bertz CT molecular complexity index is 895. The van der Waals surface area contributed by atoms with Crippen molar-refractivity contribution >= 4 is 46.9 Å². The molecule has 1 saturated heterocycles. The number of thioether (sulfide) groups is 2. The molecule has 1 fully saturated rings. The molecule has 134 valence electrons. The summed E-state index contributed by atoms with van der Waals surface area (Å²) in [6.07, 6.45) is 2.45. The first-order valence-electron chi connectivity index (χ1n) is 8.17. The van der Waals surface area contributed by atoms with Gasteiger partial charge in [0.2, 0.25) is 11.7 Å². The summed E-state index contributed by atoms with van der Waals surface area (Å²) >= 11 is 2.75. The van der Waals surface area contributed by atoms with Crippen LogP contribution in [0.5, 0.6) is 0 Å². The second-order valence-electron chi connectivity index (χ2n) is 6.40. The van der Waals surface area contributed by atoms with Gasteiger partial charge in [-0.25, -0.2) is 0 Å². The monoisotopic (exact) mass is 388 g/mol. The minimum atomic E-state index is -1.47. The zero-order chi connectivity index (χ0) is 18.5. The largest absolute Gasteiger partial charge is 0.342 e. The summed E-state index contributed by atoms with van der Waals surface area (Å²) in [6, 6.07) is 5.97.